The lowest BCUT2D eigenvalue weighted by Crippen LogP contribution is -2.46. The van der Waals surface area contributed by atoms with Gasteiger partial charge < -0.3 is 14.6 Å². The minimum atomic E-state index is -1.92. The molecule has 5 heteroatoms. The number of carbonyl (C=O) groups is 2. The van der Waals surface area contributed by atoms with Crippen LogP contribution in [0.1, 0.15) is 6.92 Å². The van der Waals surface area contributed by atoms with Crippen LogP contribution >= 0.6 is 0 Å². The van der Waals surface area contributed by atoms with Crippen LogP contribution in [0.25, 0.3) is 0 Å². The predicted octanol–water partition coefficient (Wildman–Crippen LogP) is -0.0407. The lowest BCUT2D eigenvalue weighted by molar-refractivity contribution is -0.177. The van der Waals surface area contributed by atoms with Gasteiger partial charge in [0.1, 0.15) is 0 Å². The topological polar surface area (TPSA) is 72.8 Å². The zero-order valence-electron chi connectivity index (χ0n) is 7.15. The van der Waals surface area contributed by atoms with Gasteiger partial charge >= 0.3 is 11.9 Å². The van der Waals surface area contributed by atoms with Crippen molar-refractivity contribution < 1.29 is 24.2 Å². The van der Waals surface area contributed by atoms with Gasteiger partial charge in [-0.1, -0.05) is 6.08 Å². The molecule has 0 aromatic heterocycles. The monoisotopic (exact) mass is 186 g/mol. The minimum Gasteiger partial charge on any atom is -0.478 e. The lowest BCUT2D eigenvalue weighted by atomic mass is 10.1. The number of carboxylic acid groups (broad SMARTS) is 1. The summed E-state index contributed by atoms with van der Waals surface area (Å²) >= 11 is 0. The third-order valence-corrected chi connectivity index (χ3v) is 1.66. The maximum atomic E-state index is 11.2. The van der Waals surface area contributed by atoms with Gasteiger partial charge in [-0.25, -0.2) is 9.59 Å². The summed E-state index contributed by atoms with van der Waals surface area (Å²) in [6.45, 7) is 1.85. The quantitative estimate of drug-likeness (QED) is 0.380. The summed E-state index contributed by atoms with van der Waals surface area (Å²) in [7, 11) is 0. The smallest absolute Gasteiger partial charge is 0.354 e. The standard InChI is InChI=1S/C8H10O5/c1-2-12-7(11)8(6(9)10)4-3-5-13-8/h3-4H,2,5H2,1H3,(H,9,10). The van der Waals surface area contributed by atoms with E-state index in [0.717, 1.165) is 0 Å². The highest BCUT2D eigenvalue weighted by Gasteiger charge is 2.49. The molecule has 0 saturated heterocycles. The first-order chi connectivity index (χ1) is 6.13. The van der Waals surface area contributed by atoms with Crippen LogP contribution in [-0.2, 0) is 19.1 Å². The van der Waals surface area contributed by atoms with Crippen molar-refractivity contribution >= 4 is 11.9 Å². The van der Waals surface area contributed by atoms with Gasteiger partial charge in [0.25, 0.3) is 5.60 Å². The summed E-state index contributed by atoms with van der Waals surface area (Å²) < 4.78 is 9.43. The summed E-state index contributed by atoms with van der Waals surface area (Å²) in [4.78, 5) is 22.0. The number of carboxylic acids is 1. The molecule has 1 unspecified atom stereocenters. The number of ether oxygens (including phenoxy) is 2. The summed E-state index contributed by atoms with van der Waals surface area (Å²) in [5.74, 6) is -2.23. The Bertz CT molecular complexity index is 257. The summed E-state index contributed by atoms with van der Waals surface area (Å²) in [5.41, 5.74) is -1.92. The molecule has 0 bridgehead atoms. The Kier molecular flexibility index (Phi) is 2.67. The molecule has 72 valence electrons. The van der Waals surface area contributed by atoms with E-state index in [9.17, 15) is 9.59 Å². The second kappa shape index (κ2) is 3.57. The summed E-state index contributed by atoms with van der Waals surface area (Å²) in [6, 6.07) is 0. The molecule has 1 aliphatic rings. The van der Waals surface area contributed by atoms with Crippen molar-refractivity contribution in [3.05, 3.63) is 12.2 Å². The Morgan fingerprint density at radius 3 is 2.77 bits per heavy atom. The molecule has 0 aromatic carbocycles. The fourth-order valence-corrected chi connectivity index (χ4v) is 1.03. The number of rotatable bonds is 3. The molecule has 1 atom stereocenters. The molecule has 0 spiro atoms. The van der Waals surface area contributed by atoms with Crippen LogP contribution in [-0.4, -0.2) is 35.9 Å². The molecule has 1 rings (SSSR count). The third kappa shape index (κ3) is 1.55. The van der Waals surface area contributed by atoms with E-state index >= 15 is 0 Å². The molecule has 0 aromatic rings. The molecule has 1 aliphatic heterocycles. The zero-order chi connectivity index (χ0) is 9.90. The number of aliphatic carboxylic acids is 1. The third-order valence-electron chi connectivity index (χ3n) is 1.66. The number of carbonyl (C=O) groups excluding carboxylic acids is 1. The van der Waals surface area contributed by atoms with E-state index < -0.39 is 17.5 Å². The molecule has 5 nitrogen and oxygen atoms in total. The predicted molar refractivity (Wildman–Crippen MR) is 42.1 cm³/mol. The highest BCUT2D eigenvalue weighted by molar-refractivity contribution is 6.05. The van der Waals surface area contributed by atoms with Gasteiger partial charge in [0.15, 0.2) is 0 Å². The fourth-order valence-electron chi connectivity index (χ4n) is 1.03. The van der Waals surface area contributed by atoms with E-state index in [1.165, 1.54) is 12.2 Å². The van der Waals surface area contributed by atoms with Crippen LogP contribution in [0.2, 0.25) is 0 Å². The molecule has 13 heavy (non-hydrogen) atoms. The SMILES string of the molecule is CCOC(=O)C1(C(=O)O)C=CCO1. The first kappa shape index (κ1) is 9.73. The van der Waals surface area contributed by atoms with E-state index in [4.69, 9.17) is 9.84 Å². The maximum absolute atomic E-state index is 11.2. The highest BCUT2D eigenvalue weighted by Crippen LogP contribution is 2.21. The Morgan fingerprint density at radius 1 is 1.69 bits per heavy atom. The zero-order valence-corrected chi connectivity index (χ0v) is 7.15. The van der Waals surface area contributed by atoms with Crippen molar-refractivity contribution in [3.63, 3.8) is 0 Å². The van der Waals surface area contributed by atoms with Gasteiger partial charge in [0.2, 0.25) is 0 Å². The summed E-state index contributed by atoms with van der Waals surface area (Å²) in [5, 5.41) is 8.78. The molecule has 0 aliphatic carbocycles. The number of esters is 1. The van der Waals surface area contributed by atoms with Crippen LogP contribution in [0.3, 0.4) is 0 Å². The highest BCUT2D eigenvalue weighted by atomic mass is 16.6. The first-order valence-corrected chi connectivity index (χ1v) is 3.85. The molecule has 1 heterocycles. The van der Waals surface area contributed by atoms with Crippen LogP contribution in [0.15, 0.2) is 12.2 Å². The first-order valence-electron chi connectivity index (χ1n) is 3.85. The molecule has 0 saturated carbocycles. The largest absolute Gasteiger partial charge is 0.478 e. The van der Waals surface area contributed by atoms with Gasteiger partial charge in [-0.05, 0) is 13.0 Å². The van der Waals surface area contributed by atoms with Crippen LogP contribution in [0, 0.1) is 0 Å². The van der Waals surface area contributed by atoms with Crippen LogP contribution < -0.4 is 0 Å². The second-order valence-corrected chi connectivity index (χ2v) is 2.47. The number of hydrogen-bond acceptors (Lipinski definition) is 4. The molecule has 1 N–H and O–H groups in total. The average molecular weight is 186 g/mol. The average Bonchev–Trinajstić information content (AvgIpc) is 2.53. The van der Waals surface area contributed by atoms with Gasteiger partial charge in [-0.3, -0.25) is 0 Å². The van der Waals surface area contributed by atoms with Crippen molar-refractivity contribution in [2.45, 2.75) is 12.5 Å². The number of hydrogen-bond donors (Lipinski definition) is 1. The van der Waals surface area contributed by atoms with E-state index in [1.54, 1.807) is 6.92 Å². The Hall–Kier alpha value is -1.36. The van der Waals surface area contributed by atoms with E-state index in [0.29, 0.717) is 0 Å². The Balaban J connectivity index is 2.85. The molecule has 0 amide bonds. The molecular formula is C8H10O5. The van der Waals surface area contributed by atoms with E-state index in [1.807, 2.05) is 0 Å². The second-order valence-electron chi connectivity index (χ2n) is 2.47. The van der Waals surface area contributed by atoms with E-state index in [-0.39, 0.29) is 13.2 Å². The van der Waals surface area contributed by atoms with Crippen molar-refractivity contribution in [3.8, 4) is 0 Å². The normalized spacial score (nSPS) is 25.9. The Labute approximate surface area is 74.9 Å². The van der Waals surface area contributed by atoms with Crippen molar-refractivity contribution in [1.29, 1.82) is 0 Å². The fraction of sp³-hybridized carbons (Fsp3) is 0.500. The molecule has 0 radical (unpaired) electrons. The van der Waals surface area contributed by atoms with Crippen LogP contribution in [0.5, 0.6) is 0 Å². The van der Waals surface area contributed by atoms with Crippen molar-refractivity contribution in [2.24, 2.45) is 0 Å². The van der Waals surface area contributed by atoms with Gasteiger partial charge in [0.05, 0.1) is 13.2 Å². The minimum absolute atomic E-state index is 0.116. The van der Waals surface area contributed by atoms with Gasteiger partial charge in [-0.2, -0.15) is 0 Å². The van der Waals surface area contributed by atoms with Crippen molar-refractivity contribution in [1.82, 2.24) is 0 Å². The Morgan fingerprint density at radius 2 is 2.38 bits per heavy atom. The van der Waals surface area contributed by atoms with Crippen molar-refractivity contribution in [2.75, 3.05) is 13.2 Å². The molecular weight excluding hydrogens is 176 g/mol. The van der Waals surface area contributed by atoms with Crippen LogP contribution in [0.4, 0.5) is 0 Å². The lowest BCUT2D eigenvalue weighted by Gasteiger charge is -2.19. The van der Waals surface area contributed by atoms with E-state index in [2.05, 4.69) is 4.74 Å². The maximum Gasteiger partial charge on any atom is 0.354 e. The molecule has 0 fully saturated rings. The summed E-state index contributed by atoms with van der Waals surface area (Å²) in [6.07, 6.45) is 2.68. The van der Waals surface area contributed by atoms with Gasteiger partial charge in [0, 0.05) is 0 Å². The van der Waals surface area contributed by atoms with Gasteiger partial charge in [-0.15, -0.1) is 0 Å².